The number of fused-ring (bicyclic) bond motifs is 1. The number of nitrogens with one attached hydrogen (secondary N) is 1. The standard InChI is InChI=1S/C17H17N3OS/c1-20-11-18-17-13(7-5-8-14(17)20)19-16(22)10-12-6-3-4-9-15(12)21-2/h3-9,11H,10H2,1-2H3,(H,19,22). The molecule has 0 saturated carbocycles. The van der Waals surface area contributed by atoms with Gasteiger partial charge in [0.2, 0.25) is 0 Å². The van der Waals surface area contributed by atoms with E-state index in [9.17, 15) is 0 Å². The van der Waals surface area contributed by atoms with Crippen LogP contribution in [0.4, 0.5) is 5.69 Å². The molecule has 3 aromatic rings. The van der Waals surface area contributed by atoms with Gasteiger partial charge in [-0.2, -0.15) is 0 Å². The minimum Gasteiger partial charge on any atom is -0.496 e. The lowest BCUT2D eigenvalue weighted by molar-refractivity contribution is 0.411. The van der Waals surface area contributed by atoms with Crippen LogP contribution in [-0.2, 0) is 13.5 Å². The first-order valence-corrected chi connectivity index (χ1v) is 7.41. The monoisotopic (exact) mass is 311 g/mol. The number of ether oxygens (including phenoxy) is 1. The first kappa shape index (κ1) is 14.5. The Morgan fingerprint density at radius 3 is 2.86 bits per heavy atom. The van der Waals surface area contributed by atoms with Gasteiger partial charge in [-0.05, 0) is 18.2 Å². The summed E-state index contributed by atoms with van der Waals surface area (Å²) >= 11 is 5.49. The molecule has 0 unspecified atom stereocenters. The first-order chi connectivity index (χ1) is 10.7. The van der Waals surface area contributed by atoms with Crippen molar-refractivity contribution in [3.63, 3.8) is 0 Å². The molecule has 0 aliphatic rings. The summed E-state index contributed by atoms with van der Waals surface area (Å²) in [6.07, 6.45) is 2.43. The number of hydrogen-bond donors (Lipinski definition) is 1. The number of imidazole rings is 1. The Labute approximate surface area is 134 Å². The zero-order valence-electron chi connectivity index (χ0n) is 12.5. The zero-order chi connectivity index (χ0) is 15.5. The van der Waals surface area contributed by atoms with E-state index in [1.807, 2.05) is 54.1 Å². The van der Waals surface area contributed by atoms with Crippen LogP contribution in [0.5, 0.6) is 5.75 Å². The van der Waals surface area contributed by atoms with Crippen LogP contribution in [0.2, 0.25) is 0 Å². The Bertz CT molecular complexity index is 826. The molecule has 0 amide bonds. The zero-order valence-corrected chi connectivity index (χ0v) is 13.4. The van der Waals surface area contributed by atoms with Crippen molar-refractivity contribution in [3.8, 4) is 5.75 Å². The molecular weight excluding hydrogens is 294 g/mol. The average molecular weight is 311 g/mol. The van der Waals surface area contributed by atoms with Gasteiger partial charge in [-0.25, -0.2) is 4.98 Å². The van der Waals surface area contributed by atoms with E-state index in [4.69, 9.17) is 17.0 Å². The van der Waals surface area contributed by atoms with Crippen molar-refractivity contribution in [1.29, 1.82) is 0 Å². The van der Waals surface area contributed by atoms with E-state index in [0.29, 0.717) is 6.42 Å². The van der Waals surface area contributed by atoms with Gasteiger partial charge in [0.25, 0.3) is 0 Å². The number of benzene rings is 2. The summed E-state index contributed by atoms with van der Waals surface area (Å²) in [5.41, 5.74) is 3.99. The van der Waals surface area contributed by atoms with Gasteiger partial charge in [-0.15, -0.1) is 0 Å². The predicted molar refractivity (Wildman–Crippen MR) is 93.6 cm³/mol. The second-order valence-corrected chi connectivity index (χ2v) is 5.56. The van der Waals surface area contributed by atoms with Gasteiger partial charge in [-0.1, -0.05) is 36.5 Å². The Balaban J connectivity index is 1.81. The highest BCUT2D eigenvalue weighted by Gasteiger charge is 2.09. The molecule has 0 aliphatic carbocycles. The van der Waals surface area contributed by atoms with Crippen LogP contribution in [0, 0.1) is 0 Å². The summed E-state index contributed by atoms with van der Waals surface area (Å²) in [6, 6.07) is 13.9. The topological polar surface area (TPSA) is 39.1 Å². The molecule has 0 bridgehead atoms. The second kappa shape index (κ2) is 6.15. The lowest BCUT2D eigenvalue weighted by Gasteiger charge is -2.11. The van der Waals surface area contributed by atoms with Crippen LogP contribution in [0.1, 0.15) is 5.56 Å². The molecule has 0 fully saturated rings. The van der Waals surface area contributed by atoms with E-state index in [1.54, 1.807) is 13.4 Å². The van der Waals surface area contributed by atoms with Crippen molar-refractivity contribution in [2.75, 3.05) is 12.4 Å². The van der Waals surface area contributed by atoms with Crippen molar-refractivity contribution >= 4 is 33.9 Å². The summed E-state index contributed by atoms with van der Waals surface area (Å²) < 4.78 is 7.36. The van der Waals surface area contributed by atoms with Crippen molar-refractivity contribution in [2.45, 2.75) is 6.42 Å². The van der Waals surface area contributed by atoms with Crippen LogP contribution >= 0.6 is 12.2 Å². The van der Waals surface area contributed by atoms with Crippen LogP contribution in [0.25, 0.3) is 11.0 Å². The third-order valence-electron chi connectivity index (χ3n) is 3.57. The molecular formula is C17H17N3OS. The van der Waals surface area contributed by atoms with Crippen molar-refractivity contribution in [2.24, 2.45) is 7.05 Å². The van der Waals surface area contributed by atoms with E-state index >= 15 is 0 Å². The Kier molecular flexibility index (Phi) is 4.06. The lowest BCUT2D eigenvalue weighted by atomic mass is 10.1. The normalized spacial score (nSPS) is 10.6. The maximum Gasteiger partial charge on any atom is 0.122 e. The molecule has 112 valence electrons. The highest BCUT2D eigenvalue weighted by molar-refractivity contribution is 7.80. The fourth-order valence-corrected chi connectivity index (χ4v) is 2.74. The number of nitrogens with zero attached hydrogens (tertiary/aromatic N) is 2. The average Bonchev–Trinajstić information content (AvgIpc) is 2.90. The molecule has 5 heteroatoms. The fraction of sp³-hybridized carbons (Fsp3) is 0.176. The van der Waals surface area contributed by atoms with E-state index in [1.165, 1.54) is 0 Å². The van der Waals surface area contributed by atoms with Gasteiger partial charge >= 0.3 is 0 Å². The van der Waals surface area contributed by atoms with Crippen LogP contribution in [0.3, 0.4) is 0 Å². The summed E-state index contributed by atoms with van der Waals surface area (Å²) in [5, 5.41) is 3.30. The van der Waals surface area contributed by atoms with Gasteiger partial charge in [0, 0.05) is 19.0 Å². The van der Waals surface area contributed by atoms with Crippen molar-refractivity contribution in [1.82, 2.24) is 9.55 Å². The molecule has 0 atom stereocenters. The third-order valence-corrected chi connectivity index (χ3v) is 3.82. The van der Waals surface area contributed by atoms with Gasteiger partial charge in [-0.3, -0.25) is 0 Å². The van der Waals surface area contributed by atoms with E-state index in [2.05, 4.69) is 10.3 Å². The predicted octanol–water partition coefficient (Wildman–Crippen LogP) is 3.56. The largest absolute Gasteiger partial charge is 0.496 e. The van der Waals surface area contributed by atoms with Gasteiger partial charge in [0.1, 0.15) is 11.3 Å². The summed E-state index contributed by atoms with van der Waals surface area (Å²) in [7, 11) is 3.65. The first-order valence-electron chi connectivity index (χ1n) is 7.01. The third kappa shape index (κ3) is 2.80. The number of methoxy groups -OCH3 is 1. The minimum atomic E-state index is 0.628. The Hall–Kier alpha value is -2.40. The van der Waals surface area contributed by atoms with Gasteiger partial charge in [0.15, 0.2) is 0 Å². The van der Waals surface area contributed by atoms with E-state index < -0.39 is 0 Å². The van der Waals surface area contributed by atoms with E-state index in [-0.39, 0.29) is 0 Å². The molecule has 0 spiro atoms. The SMILES string of the molecule is COc1ccccc1CC(=S)Nc1cccc2c1ncn2C. The number of aromatic nitrogens is 2. The van der Waals surface area contributed by atoms with Gasteiger partial charge < -0.3 is 14.6 Å². The molecule has 4 nitrogen and oxygen atoms in total. The number of thiocarbonyl (C=S) groups is 1. The number of hydrogen-bond acceptors (Lipinski definition) is 3. The van der Waals surface area contributed by atoms with Crippen LogP contribution < -0.4 is 10.1 Å². The number of aryl methyl sites for hydroxylation is 1. The molecule has 1 aromatic heterocycles. The Morgan fingerprint density at radius 1 is 1.23 bits per heavy atom. The number of para-hydroxylation sites is 2. The lowest BCUT2D eigenvalue weighted by Crippen LogP contribution is -2.13. The van der Waals surface area contributed by atoms with Crippen molar-refractivity contribution < 1.29 is 4.74 Å². The minimum absolute atomic E-state index is 0.628. The van der Waals surface area contributed by atoms with E-state index in [0.717, 1.165) is 33.0 Å². The highest BCUT2D eigenvalue weighted by atomic mass is 32.1. The quantitative estimate of drug-likeness (QED) is 0.748. The maximum atomic E-state index is 5.49. The maximum absolute atomic E-state index is 5.49. The molecule has 1 heterocycles. The second-order valence-electron chi connectivity index (χ2n) is 5.07. The summed E-state index contributed by atoms with van der Waals surface area (Å²) in [4.78, 5) is 5.17. The number of rotatable bonds is 4. The summed E-state index contributed by atoms with van der Waals surface area (Å²) in [5.74, 6) is 0.850. The van der Waals surface area contributed by atoms with Crippen molar-refractivity contribution in [3.05, 3.63) is 54.4 Å². The van der Waals surface area contributed by atoms with Crippen LogP contribution in [-0.4, -0.2) is 21.6 Å². The molecule has 0 radical (unpaired) electrons. The van der Waals surface area contributed by atoms with Crippen LogP contribution in [0.15, 0.2) is 48.8 Å². The molecule has 1 N–H and O–H groups in total. The summed E-state index contributed by atoms with van der Waals surface area (Å²) in [6.45, 7) is 0. The smallest absolute Gasteiger partial charge is 0.122 e. The Morgan fingerprint density at radius 2 is 2.05 bits per heavy atom. The highest BCUT2D eigenvalue weighted by Crippen LogP contribution is 2.23. The molecule has 0 aliphatic heterocycles. The molecule has 3 rings (SSSR count). The molecule has 22 heavy (non-hydrogen) atoms. The molecule has 0 saturated heterocycles. The molecule has 2 aromatic carbocycles. The number of anilines is 1. The van der Waals surface area contributed by atoms with Gasteiger partial charge in [0.05, 0.1) is 29.6 Å². The fourth-order valence-electron chi connectivity index (χ4n) is 2.48.